The molecule has 0 heterocycles. The third kappa shape index (κ3) is 5.94. The minimum Gasteiger partial charge on any atom is -0.408 e. The lowest BCUT2D eigenvalue weighted by Crippen LogP contribution is -2.67. The van der Waals surface area contributed by atoms with Crippen LogP contribution in [0.3, 0.4) is 0 Å². The SMILES string of the molecule is C[Si](C)(Nc1ccccc1F)C([Si](C)(C)Nc1ccccc1F)[Si](C)(C)Nc1ccccc1F. The lowest BCUT2D eigenvalue weighted by atomic mass is 10.3. The monoisotopic (exact) mass is 517 g/mol. The van der Waals surface area contributed by atoms with Crippen LogP contribution in [0.25, 0.3) is 0 Å². The summed E-state index contributed by atoms with van der Waals surface area (Å²) in [5.41, 5.74) is 1.40. The molecule has 3 aromatic rings. The van der Waals surface area contributed by atoms with E-state index in [1.165, 1.54) is 18.2 Å². The Morgan fingerprint density at radius 3 is 0.941 bits per heavy atom. The maximum absolute atomic E-state index is 14.6. The van der Waals surface area contributed by atoms with E-state index < -0.39 is 24.7 Å². The first-order chi connectivity index (χ1) is 15.8. The summed E-state index contributed by atoms with van der Waals surface area (Å²) >= 11 is 0. The zero-order chi connectivity index (χ0) is 25.1. The van der Waals surface area contributed by atoms with Crippen molar-refractivity contribution >= 4 is 41.8 Å². The van der Waals surface area contributed by atoms with Crippen LogP contribution < -0.4 is 14.9 Å². The second-order valence-electron chi connectivity index (χ2n) is 10.4. The van der Waals surface area contributed by atoms with Crippen LogP contribution in [-0.2, 0) is 0 Å². The molecule has 3 rings (SSSR count). The molecular weight excluding hydrogens is 484 g/mol. The Balaban J connectivity index is 2.07. The number of hydrogen-bond acceptors (Lipinski definition) is 3. The van der Waals surface area contributed by atoms with E-state index in [4.69, 9.17) is 0 Å². The number of anilines is 3. The van der Waals surface area contributed by atoms with E-state index in [2.05, 4.69) is 54.2 Å². The molecule has 0 aliphatic carbocycles. The molecule has 3 N–H and O–H groups in total. The van der Waals surface area contributed by atoms with E-state index in [0.29, 0.717) is 17.1 Å². The van der Waals surface area contributed by atoms with Gasteiger partial charge in [-0.25, -0.2) is 13.2 Å². The number of benzene rings is 3. The highest BCUT2D eigenvalue weighted by Gasteiger charge is 2.54. The predicted octanol–water partition coefficient (Wildman–Crippen LogP) is 7.80. The fraction of sp³-hybridized carbons (Fsp3) is 0.280. The Morgan fingerprint density at radius 1 is 0.471 bits per heavy atom. The van der Waals surface area contributed by atoms with Gasteiger partial charge >= 0.3 is 0 Å². The zero-order valence-corrected chi connectivity index (χ0v) is 23.6. The average molecular weight is 518 g/mol. The zero-order valence-electron chi connectivity index (χ0n) is 20.6. The molecule has 182 valence electrons. The minimum atomic E-state index is -2.45. The smallest absolute Gasteiger partial charge is 0.148 e. The summed E-state index contributed by atoms with van der Waals surface area (Å²) in [6, 6.07) is 20.0. The van der Waals surface area contributed by atoms with Gasteiger partial charge in [-0.15, -0.1) is 0 Å². The highest BCUT2D eigenvalue weighted by Crippen LogP contribution is 2.42. The number of hydrogen-bond donors (Lipinski definition) is 3. The third-order valence-corrected chi connectivity index (χ3v) is 26.2. The van der Waals surface area contributed by atoms with Gasteiger partial charge in [-0.3, -0.25) is 0 Å². The van der Waals surface area contributed by atoms with Gasteiger partial charge in [-0.1, -0.05) is 75.7 Å². The average Bonchev–Trinajstić information content (AvgIpc) is 2.72. The molecule has 0 fully saturated rings. The predicted molar refractivity (Wildman–Crippen MR) is 146 cm³/mol. The van der Waals surface area contributed by atoms with Crippen molar-refractivity contribution in [3.05, 3.63) is 90.2 Å². The summed E-state index contributed by atoms with van der Waals surface area (Å²) in [5, 5.41) is 0. The minimum absolute atomic E-state index is 0.0892. The molecule has 0 aliphatic rings. The first-order valence-electron chi connectivity index (χ1n) is 11.4. The van der Waals surface area contributed by atoms with Crippen LogP contribution in [-0.4, -0.2) is 24.7 Å². The summed E-state index contributed by atoms with van der Waals surface area (Å²) in [5.74, 6) is -0.903. The molecule has 0 aliphatic heterocycles. The standard InChI is InChI=1S/C25H34F3N3Si3/c1-32(2,29-22-16-10-7-13-19(22)26)25(33(3,4)30-23-17-11-8-14-20(23)27)34(5,6)31-24-18-12-9-15-21(24)28/h7-18,25,29-31H,1-6H3. The van der Waals surface area contributed by atoms with Crippen molar-refractivity contribution in [3.63, 3.8) is 0 Å². The van der Waals surface area contributed by atoms with Crippen LogP contribution >= 0.6 is 0 Å². The van der Waals surface area contributed by atoms with Crippen molar-refractivity contribution < 1.29 is 13.2 Å². The molecule has 0 aromatic heterocycles. The maximum atomic E-state index is 14.6. The molecule has 0 atom stereocenters. The normalized spacial score (nSPS) is 12.5. The van der Waals surface area contributed by atoms with Gasteiger partial charge in [0, 0.05) is 0 Å². The second kappa shape index (κ2) is 10.0. The number of rotatable bonds is 9. The van der Waals surface area contributed by atoms with Gasteiger partial charge in [-0.2, -0.15) is 0 Å². The molecule has 0 amide bonds. The van der Waals surface area contributed by atoms with Crippen LogP contribution in [0.4, 0.5) is 30.2 Å². The van der Waals surface area contributed by atoms with Crippen molar-refractivity contribution in [2.24, 2.45) is 0 Å². The molecule has 34 heavy (non-hydrogen) atoms. The topological polar surface area (TPSA) is 36.1 Å². The van der Waals surface area contributed by atoms with Crippen LogP contribution in [0.15, 0.2) is 72.8 Å². The molecule has 9 heteroatoms. The van der Waals surface area contributed by atoms with Crippen molar-refractivity contribution in [1.29, 1.82) is 0 Å². The number of para-hydroxylation sites is 3. The largest absolute Gasteiger partial charge is 0.408 e. The Labute approximate surface area is 204 Å². The van der Waals surface area contributed by atoms with Crippen molar-refractivity contribution in [1.82, 2.24) is 0 Å². The molecule has 0 saturated carbocycles. The van der Waals surface area contributed by atoms with E-state index in [-0.39, 0.29) is 22.2 Å². The van der Waals surface area contributed by atoms with Crippen molar-refractivity contribution in [2.45, 2.75) is 44.1 Å². The quantitative estimate of drug-likeness (QED) is 0.253. The highest BCUT2D eigenvalue weighted by molar-refractivity contribution is 7.15. The lowest BCUT2D eigenvalue weighted by molar-refractivity contribution is 0.632. The fourth-order valence-corrected chi connectivity index (χ4v) is 31.7. The van der Waals surface area contributed by atoms with E-state index in [1.54, 1.807) is 36.4 Å². The third-order valence-electron chi connectivity index (χ3n) is 6.16. The highest BCUT2D eigenvalue weighted by atomic mass is 28.5. The summed E-state index contributed by atoms with van der Waals surface area (Å²) in [7, 11) is -7.36. The molecule has 0 unspecified atom stereocenters. The Bertz CT molecular complexity index is 997. The number of nitrogens with one attached hydrogen (secondary N) is 3. The molecule has 3 aromatic carbocycles. The van der Waals surface area contributed by atoms with E-state index in [0.717, 1.165) is 0 Å². The van der Waals surface area contributed by atoms with Gasteiger partial charge in [0.1, 0.15) is 42.2 Å². The van der Waals surface area contributed by atoms with Gasteiger partial charge < -0.3 is 14.9 Å². The first kappa shape index (κ1) is 26.1. The second-order valence-corrected chi connectivity index (χ2v) is 25.0. The Kier molecular flexibility index (Phi) is 7.69. The van der Waals surface area contributed by atoms with E-state index >= 15 is 0 Å². The number of halogens is 3. The van der Waals surface area contributed by atoms with E-state index in [9.17, 15) is 13.2 Å². The summed E-state index contributed by atoms with van der Waals surface area (Å²) < 4.78 is 43.9. The molecule has 0 radical (unpaired) electrons. The first-order valence-corrected chi connectivity index (χ1v) is 20.6. The van der Waals surface area contributed by atoms with Crippen LogP contribution in [0.5, 0.6) is 0 Å². The molecule has 0 spiro atoms. The molecular formula is C25H34F3N3Si3. The molecule has 0 saturated heterocycles. The van der Waals surface area contributed by atoms with Crippen molar-refractivity contribution in [2.75, 3.05) is 14.9 Å². The Morgan fingerprint density at radius 2 is 0.706 bits per heavy atom. The van der Waals surface area contributed by atoms with Gasteiger partial charge in [-0.05, 0) is 41.2 Å². The summed E-state index contributed by atoms with van der Waals surface area (Å²) in [4.78, 5) is 10.8. The lowest BCUT2D eigenvalue weighted by Gasteiger charge is -2.50. The van der Waals surface area contributed by atoms with Crippen LogP contribution in [0.2, 0.25) is 44.1 Å². The molecule has 3 nitrogen and oxygen atoms in total. The van der Waals surface area contributed by atoms with Crippen LogP contribution in [0.1, 0.15) is 0 Å². The van der Waals surface area contributed by atoms with Gasteiger partial charge in [0.25, 0.3) is 0 Å². The van der Waals surface area contributed by atoms with Crippen molar-refractivity contribution in [3.8, 4) is 0 Å². The summed E-state index contributed by atoms with van der Waals surface area (Å²) in [6.07, 6.45) is 0. The van der Waals surface area contributed by atoms with Gasteiger partial charge in [0.05, 0.1) is 17.1 Å². The van der Waals surface area contributed by atoms with Crippen LogP contribution in [0, 0.1) is 17.5 Å². The Hall–Kier alpha value is -2.50. The fourth-order valence-electron chi connectivity index (χ4n) is 5.65. The van der Waals surface area contributed by atoms with Gasteiger partial charge in [0.15, 0.2) is 0 Å². The van der Waals surface area contributed by atoms with Gasteiger partial charge in [0.2, 0.25) is 0 Å². The van der Waals surface area contributed by atoms with E-state index in [1.807, 2.05) is 18.2 Å². The summed E-state index contributed by atoms with van der Waals surface area (Å²) in [6.45, 7) is 13.1. The molecule has 0 bridgehead atoms. The maximum Gasteiger partial charge on any atom is 0.148 e.